The lowest BCUT2D eigenvalue weighted by Gasteiger charge is -2.34. The molecule has 39 heavy (non-hydrogen) atoms. The average Bonchev–Trinajstić information content (AvgIpc) is 3.68. The number of aromatic nitrogens is 2. The van der Waals surface area contributed by atoms with Crippen LogP contribution in [0.2, 0.25) is 0 Å². The van der Waals surface area contributed by atoms with Crippen molar-refractivity contribution in [1.29, 1.82) is 0 Å². The van der Waals surface area contributed by atoms with Gasteiger partial charge in [0.1, 0.15) is 0 Å². The maximum atomic E-state index is 14.1. The van der Waals surface area contributed by atoms with Crippen LogP contribution in [-0.2, 0) is 17.5 Å². The van der Waals surface area contributed by atoms with Crippen LogP contribution in [0.15, 0.2) is 30.6 Å². The van der Waals surface area contributed by atoms with Crippen molar-refractivity contribution in [3.63, 3.8) is 0 Å². The Labute approximate surface area is 225 Å². The van der Waals surface area contributed by atoms with Crippen LogP contribution in [0.1, 0.15) is 24.5 Å². The van der Waals surface area contributed by atoms with E-state index in [2.05, 4.69) is 26.8 Å². The van der Waals surface area contributed by atoms with Gasteiger partial charge in [-0.25, -0.2) is 4.79 Å². The highest BCUT2D eigenvalue weighted by Gasteiger charge is 2.44. The van der Waals surface area contributed by atoms with E-state index in [1.807, 2.05) is 6.07 Å². The molecule has 6 rings (SSSR count). The number of hydrogen-bond acceptors (Lipinski definition) is 6. The Balaban J connectivity index is 1.10. The fourth-order valence-corrected chi connectivity index (χ4v) is 6.86. The first kappa shape index (κ1) is 26.1. The largest absolute Gasteiger partial charge is 0.416 e. The number of rotatable bonds is 4. The van der Waals surface area contributed by atoms with Gasteiger partial charge in [0.25, 0.3) is 0 Å². The Morgan fingerprint density at radius 3 is 2.36 bits per heavy atom. The second-order valence-corrected chi connectivity index (χ2v) is 11.6. The van der Waals surface area contributed by atoms with Gasteiger partial charge >= 0.3 is 12.2 Å². The van der Waals surface area contributed by atoms with Crippen LogP contribution in [0, 0.1) is 11.8 Å². The number of nitrogens with zero attached hydrogens (tertiary/aromatic N) is 7. The normalized spacial score (nSPS) is 27.0. The van der Waals surface area contributed by atoms with Gasteiger partial charge in [-0.2, -0.15) is 23.0 Å². The average molecular weight is 546 g/mol. The molecule has 2 unspecified atom stereocenters. The van der Waals surface area contributed by atoms with E-state index in [0.29, 0.717) is 49.2 Å². The summed E-state index contributed by atoms with van der Waals surface area (Å²) in [6.45, 7) is 5.71. The fourth-order valence-electron chi connectivity index (χ4n) is 6.86. The minimum Gasteiger partial charge on any atom is -0.366 e. The van der Waals surface area contributed by atoms with Crippen LogP contribution in [-0.4, -0.2) is 102 Å². The molecule has 1 aromatic heterocycles. The van der Waals surface area contributed by atoms with Gasteiger partial charge in [-0.1, -0.05) is 6.07 Å². The molecular formula is C27H34F3N7O2. The summed E-state index contributed by atoms with van der Waals surface area (Å²) in [7, 11) is 3.70. The van der Waals surface area contributed by atoms with Gasteiger partial charge in [0, 0.05) is 77.6 Å². The van der Waals surface area contributed by atoms with E-state index < -0.39 is 11.7 Å². The van der Waals surface area contributed by atoms with E-state index in [4.69, 9.17) is 0 Å². The molecule has 4 aliphatic heterocycles. The maximum Gasteiger partial charge on any atom is 0.416 e. The van der Waals surface area contributed by atoms with Crippen LogP contribution in [0.3, 0.4) is 0 Å². The van der Waals surface area contributed by atoms with Gasteiger partial charge in [-0.3, -0.25) is 14.6 Å². The molecule has 4 atom stereocenters. The molecular weight excluding hydrogens is 511 g/mol. The number of hydrogen-bond donors (Lipinski definition) is 0. The third-order valence-electron chi connectivity index (χ3n) is 9.10. The zero-order valence-electron chi connectivity index (χ0n) is 22.4. The molecule has 12 heteroatoms. The minimum atomic E-state index is -4.42. The van der Waals surface area contributed by atoms with E-state index in [1.54, 1.807) is 18.0 Å². The Bertz CT molecular complexity index is 1260. The lowest BCUT2D eigenvalue weighted by atomic mass is 10.0. The Morgan fingerprint density at radius 1 is 1.05 bits per heavy atom. The van der Waals surface area contributed by atoms with E-state index in [0.717, 1.165) is 19.5 Å². The number of fused-ring (bicyclic) bond motifs is 3. The molecule has 0 radical (unpaired) electrons. The monoisotopic (exact) mass is 545 g/mol. The summed E-state index contributed by atoms with van der Waals surface area (Å²) >= 11 is 0. The van der Waals surface area contributed by atoms with Crippen molar-refractivity contribution in [2.45, 2.75) is 38.1 Å². The smallest absolute Gasteiger partial charge is 0.366 e. The standard InChI is InChI=1S/C27H34F3N7O2/c1-17(38)33(3)24-8-31-37(16-24)26(39)35-12-19-10-34(11-20(19)13-35)9-18-4-5-21(7-25(18)27(28,29)30)36-15-22-6-23(36)14-32(22)2/h4-5,7-8,16,19-20,22-23H,6,9-15H2,1-3H3/t19?,20?,22-,23-/m0/s1. The van der Waals surface area contributed by atoms with Gasteiger partial charge in [0.15, 0.2) is 0 Å². The van der Waals surface area contributed by atoms with Gasteiger partial charge in [0.05, 0.1) is 23.6 Å². The molecule has 0 aliphatic carbocycles. The first-order valence-electron chi connectivity index (χ1n) is 13.5. The summed E-state index contributed by atoms with van der Waals surface area (Å²) in [6, 6.07) is 5.29. The fraction of sp³-hybridized carbons (Fsp3) is 0.593. The van der Waals surface area contributed by atoms with Crippen LogP contribution < -0.4 is 9.80 Å². The number of likely N-dealkylation sites (tertiary alicyclic amines) is 3. The highest BCUT2D eigenvalue weighted by atomic mass is 19.4. The lowest BCUT2D eigenvalue weighted by Crippen LogP contribution is -2.44. The van der Waals surface area contributed by atoms with Crippen molar-refractivity contribution < 1.29 is 22.8 Å². The molecule has 0 spiro atoms. The SMILES string of the molecule is CC(=O)N(C)c1cnn(C(=O)N2CC3CN(Cc4ccc(N5C[C@@H]6C[C@H]5CN6C)cc4C(F)(F)F)CC3C2)c1. The predicted molar refractivity (Wildman–Crippen MR) is 140 cm³/mol. The number of piperazine rings is 1. The van der Waals surface area contributed by atoms with Crippen molar-refractivity contribution in [3.05, 3.63) is 41.7 Å². The topological polar surface area (TPSA) is 68.2 Å². The van der Waals surface area contributed by atoms with Crippen LogP contribution in [0.4, 0.5) is 29.3 Å². The van der Waals surface area contributed by atoms with Crippen molar-refractivity contribution >= 4 is 23.3 Å². The summed E-state index contributed by atoms with van der Waals surface area (Å²) in [5.41, 5.74) is 0.960. The quantitative estimate of drug-likeness (QED) is 0.589. The summed E-state index contributed by atoms with van der Waals surface area (Å²) < 4.78 is 43.7. The lowest BCUT2D eigenvalue weighted by molar-refractivity contribution is -0.138. The zero-order valence-corrected chi connectivity index (χ0v) is 22.4. The molecule has 2 aromatic rings. The number of halogens is 3. The number of carbonyl (C=O) groups excluding carboxylic acids is 2. The summed E-state index contributed by atoms with van der Waals surface area (Å²) in [5, 5.41) is 4.12. The summed E-state index contributed by atoms with van der Waals surface area (Å²) in [6.07, 6.45) is -0.391. The maximum absolute atomic E-state index is 14.1. The molecule has 210 valence electrons. The van der Waals surface area contributed by atoms with Crippen LogP contribution >= 0.6 is 0 Å². The summed E-state index contributed by atoms with van der Waals surface area (Å²) in [5.74, 6) is 0.251. The Kier molecular flexibility index (Phi) is 6.37. The molecule has 4 saturated heterocycles. The number of alkyl halides is 3. The van der Waals surface area contributed by atoms with Crippen molar-refractivity contribution in [2.75, 3.05) is 63.2 Å². The Morgan fingerprint density at radius 2 is 1.77 bits per heavy atom. The highest BCUT2D eigenvalue weighted by molar-refractivity contribution is 5.91. The highest BCUT2D eigenvalue weighted by Crippen LogP contribution is 2.40. The zero-order chi connectivity index (χ0) is 27.6. The molecule has 9 nitrogen and oxygen atoms in total. The molecule has 1 aromatic carbocycles. The van der Waals surface area contributed by atoms with E-state index >= 15 is 0 Å². The van der Waals surface area contributed by atoms with E-state index in [9.17, 15) is 22.8 Å². The number of anilines is 2. The third-order valence-corrected chi connectivity index (χ3v) is 9.10. The molecule has 2 bridgehead atoms. The number of benzene rings is 1. The summed E-state index contributed by atoms with van der Waals surface area (Å²) in [4.78, 5) is 34.3. The molecule has 4 aliphatic rings. The number of carbonyl (C=O) groups is 2. The number of likely N-dealkylation sites (N-methyl/N-ethyl adjacent to an activating group) is 1. The Hall–Kier alpha value is -3.12. The first-order chi connectivity index (χ1) is 18.5. The van der Waals surface area contributed by atoms with Gasteiger partial charge in [-0.15, -0.1) is 0 Å². The first-order valence-corrected chi connectivity index (χ1v) is 13.5. The number of amides is 2. The van der Waals surface area contributed by atoms with Gasteiger partial charge in [-0.05, 0) is 43.0 Å². The second-order valence-electron chi connectivity index (χ2n) is 11.6. The molecule has 0 saturated carbocycles. The van der Waals surface area contributed by atoms with Crippen LogP contribution in [0.5, 0.6) is 0 Å². The van der Waals surface area contributed by atoms with Crippen LogP contribution in [0.25, 0.3) is 0 Å². The van der Waals surface area contributed by atoms with E-state index in [1.165, 1.54) is 35.0 Å². The van der Waals surface area contributed by atoms with Crippen molar-refractivity contribution in [1.82, 2.24) is 24.5 Å². The minimum absolute atomic E-state index is 0.156. The van der Waals surface area contributed by atoms with Gasteiger partial charge in [0.2, 0.25) is 5.91 Å². The molecule has 4 fully saturated rings. The molecule has 2 amide bonds. The van der Waals surface area contributed by atoms with E-state index in [-0.39, 0.29) is 36.4 Å². The van der Waals surface area contributed by atoms with Crippen molar-refractivity contribution in [2.24, 2.45) is 11.8 Å². The van der Waals surface area contributed by atoms with Gasteiger partial charge < -0.3 is 14.7 Å². The molecule has 5 heterocycles. The predicted octanol–water partition coefficient (Wildman–Crippen LogP) is 2.81. The van der Waals surface area contributed by atoms with Crippen molar-refractivity contribution in [3.8, 4) is 0 Å². The molecule has 0 N–H and O–H groups in total. The third kappa shape index (κ3) is 4.77. The second kappa shape index (κ2) is 9.51.